The fraction of sp³-hybridized carbons (Fsp3) is 0.556. The molecule has 1 aliphatic rings. The highest BCUT2D eigenvalue weighted by atomic mass is 35.5. The summed E-state index contributed by atoms with van der Waals surface area (Å²) in [5.41, 5.74) is 0.553. The highest BCUT2D eigenvalue weighted by Gasteiger charge is 2.44. The molecule has 146 valence electrons. The van der Waals surface area contributed by atoms with Crippen molar-refractivity contribution >= 4 is 23.4 Å². The quantitative estimate of drug-likeness (QED) is 0.782. The number of hydrogen-bond donors (Lipinski definition) is 2. The lowest BCUT2D eigenvalue weighted by Gasteiger charge is -2.38. The Kier molecular flexibility index (Phi) is 6.28. The maximum Gasteiger partial charge on any atom is 0.411 e. The summed E-state index contributed by atoms with van der Waals surface area (Å²) >= 11 is 5.83. The van der Waals surface area contributed by atoms with E-state index in [-0.39, 0.29) is 12.1 Å². The summed E-state index contributed by atoms with van der Waals surface area (Å²) in [5.74, 6) is 0.879. The van der Waals surface area contributed by atoms with Crippen LogP contribution in [0.1, 0.15) is 37.9 Å². The van der Waals surface area contributed by atoms with Crippen molar-refractivity contribution in [1.82, 2.24) is 20.2 Å². The molecule has 2 N–H and O–H groups in total. The molecule has 1 aliphatic carbocycles. The van der Waals surface area contributed by atoms with E-state index >= 15 is 0 Å². The van der Waals surface area contributed by atoms with Crippen molar-refractivity contribution in [2.24, 2.45) is 0 Å². The Morgan fingerprint density at radius 1 is 1.26 bits per heavy atom. The Morgan fingerprint density at radius 3 is 2.63 bits per heavy atom. The van der Waals surface area contributed by atoms with Crippen LogP contribution < -0.4 is 10.2 Å². The molecule has 8 nitrogen and oxygen atoms in total. The molecule has 9 heteroatoms. The average molecular weight is 394 g/mol. The van der Waals surface area contributed by atoms with E-state index in [1.165, 1.54) is 24.2 Å². The van der Waals surface area contributed by atoms with Crippen molar-refractivity contribution in [3.8, 4) is 0 Å². The number of carbonyl (C=O) groups is 1. The summed E-state index contributed by atoms with van der Waals surface area (Å²) < 4.78 is 7.05. The first-order valence-corrected chi connectivity index (χ1v) is 9.66. The lowest BCUT2D eigenvalue weighted by molar-refractivity contribution is -0.927. The minimum atomic E-state index is -0.516. The predicted octanol–water partition coefficient (Wildman–Crippen LogP) is 1.88. The Balaban J connectivity index is 1.58. The number of nitrogens with one attached hydrogen (secondary N) is 2. The average Bonchev–Trinajstić information content (AvgIpc) is 3.13. The second kappa shape index (κ2) is 8.67. The maximum absolute atomic E-state index is 12.0. The van der Waals surface area contributed by atoms with E-state index < -0.39 is 6.09 Å². The van der Waals surface area contributed by atoms with E-state index in [0.29, 0.717) is 17.3 Å². The summed E-state index contributed by atoms with van der Waals surface area (Å²) in [7, 11) is 4.31. The first-order valence-electron chi connectivity index (χ1n) is 9.28. The van der Waals surface area contributed by atoms with Gasteiger partial charge >= 0.3 is 6.09 Å². The van der Waals surface area contributed by atoms with Gasteiger partial charge in [0, 0.05) is 23.6 Å². The summed E-state index contributed by atoms with van der Waals surface area (Å²) in [6.45, 7) is 0.613. The molecule has 3 rings (SSSR count). The minimum absolute atomic E-state index is 0.0761. The summed E-state index contributed by atoms with van der Waals surface area (Å²) in [4.78, 5) is 13.3. The standard InChI is InChI=1S/C18H25ClN6O2/c1-24(2)18(10-4-3-5-11-18)16-21-22-23-25(16)12-13-27-17(26)20-15-8-6-14(19)7-9-15/h6-9H,3-5,10-13H2,1-2H3,(H,20,26)/p+1. The van der Waals surface area contributed by atoms with Gasteiger partial charge in [0.2, 0.25) is 5.82 Å². The fourth-order valence-corrected chi connectivity index (χ4v) is 3.84. The zero-order chi connectivity index (χ0) is 19.3. The smallest absolute Gasteiger partial charge is 0.411 e. The van der Waals surface area contributed by atoms with Gasteiger partial charge in [-0.1, -0.05) is 18.0 Å². The van der Waals surface area contributed by atoms with Crippen LogP contribution in [0.2, 0.25) is 5.02 Å². The van der Waals surface area contributed by atoms with E-state index in [2.05, 4.69) is 34.9 Å². The van der Waals surface area contributed by atoms with Crippen molar-refractivity contribution in [2.75, 3.05) is 26.0 Å². The Labute approximate surface area is 163 Å². The van der Waals surface area contributed by atoms with Gasteiger partial charge in [0.15, 0.2) is 5.54 Å². The predicted molar refractivity (Wildman–Crippen MR) is 102 cm³/mol. The van der Waals surface area contributed by atoms with Gasteiger partial charge in [-0.15, -0.1) is 5.10 Å². The van der Waals surface area contributed by atoms with Crippen molar-refractivity contribution in [3.05, 3.63) is 35.1 Å². The molecule has 1 aromatic heterocycles. The molecule has 0 atom stereocenters. The lowest BCUT2D eigenvalue weighted by atomic mass is 9.80. The zero-order valence-electron chi connectivity index (χ0n) is 15.7. The van der Waals surface area contributed by atoms with Gasteiger partial charge in [0.05, 0.1) is 20.6 Å². The van der Waals surface area contributed by atoms with E-state index in [9.17, 15) is 4.79 Å². The molecule has 1 fully saturated rings. The van der Waals surface area contributed by atoms with Crippen molar-refractivity contribution in [2.45, 2.75) is 44.2 Å². The van der Waals surface area contributed by atoms with Crippen LogP contribution in [0.4, 0.5) is 10.5 Å². The van der Waals surface area contributed by atoms with Gasteiger partial charge in [-0.05, 0) is 47.5 Å². The van der Waals surface area contributed by atoms with Gasteiger partial charge in [0.25, 0.3) is 0 Å². The molecule has 1 saturated carbocycles. The first-order chi connectivity index (χ1) is 13.0. The summed E-state index contributed by atoms with van der Waals surface area (Å²) in [6, 6.07) is 6.85. The van der Waals surface area contributed by atoms with Gasteiger partial charge in [-0.2, -0.15) is 0 Å². The number of nitrogens with zero attached hydrogens (tertiary/aromatic N) is 4. The van der Waals surface area contributed by atoms with Crippen LogP contribution in [-0.4, -0.2) is 47.0 Å². The fourth-order valence-electron chi connectivity index (χ4n) is 3.71. The SMILES string of the molecule is C[NH+](C)C1(c2nnnn2CCOC(=O)Nc2ccc(Cl)cc2)CCCCC1. The molecule has 1 amide bonds. The molecule has 27 heavy (non-hydrogen) atoms. The largest absolute Gasteiger partial charge is 0.447 e. The van der Waals surface area contributed by atoms with E-state index in [0.717, 1.165) is 18.7 Å². The van der Waals surface area contributed by atoms with Crippen molar-refractivity contribution in [3.63, 3.8) is 0 Å². The highest BCUT2D eigenvalue weighted by Crippen LogP contribution is 2.32. The number of ether oxygens (including phenoxy) is 1. The van der Waals surface area contributed by atoms with Gasteiger partial charge < -0.3 is 9.64 Å². The Morgan fingerprint density at radius 2 is 1.96 bits per heavy atom. The molecule has 0 saturated heterocycles. The number of tetrazole rings is 1. The highest BCUT2D eigenvalue weighted by molar-refractivity contribution is 6.30. The second-order valence-corrected chi connectivity index (χ2v) is 7.57. The first kappa shape index (κ1) is 19.6. The van der Waals surface area contributed by atoms with Crippen LogP contribution in [-0.2, 0) is 16.8 Å². The monoisotopic (exact) mass is 393 g/mol. The van der Waals surface area contributed by atoms with Crippen molar-refractivity contribution in [1.29, 1.82) is 0 Å². The molecule has 0 spiro atoms. The molecule has 1 aromatic carbocycles. The molecular weight excluding hydrogens is 368 g/mol. The molecule has 0 aliphatic heterocycles. The van der Waals surface area contributed by atoms with E-state index in [1.54, 1.807) is 28.9 Å². The molecule has 0 radical (unpaired) electrons. The third kappa shape index (κ3) is 4.56. The normalized spacial score (nSPS) is 16.3. The maximum atomic E-state index is 12.0. The van der Waals surface area contributed by atoms with Crippen LogP contribution in [0.5, 0.6) is 0 Å². The number of aromatic nitrogens is 4. The minimum Gasteiger partial charge on any atom is -0.447 e. The number of rotatable bonds is 6. The van der Waals surface area contributed by atoms with E-state index in [4.69, 9.17) is 16.3 Å². The van der Waals surface area contributed by atoms with Gasteiger partial charge in [-0.25, -0.2) is 9.48 Å². The van der Waals surface area contributed by atoms with Gasteiger partial charge in [0.1, 0.15) is 6.61 Å². The molecule has 0 bridgehead atoms. The summed E-state index contributed by atoms with van der Waals surface area (Å²) in [5, 5.41) is 15.6. The van der Waals surface area contributed by atoms with Crippen molar-refractivity contribution < 1.29 is 14.4 Å². The molecule has 2 aromatic rings. The van der Waals surface area contributed by atoms with E-state index in [1.807, 2.05) is 0 Å². The zero-order valence-corrected chi connectivity index (χ0v) is 16.5. The Bertz CT molecular complexity index is 755. The number of halogens is 1. The summed E-state index contributed by atoms with van der Waals surface area (Å²) in [6.07, 6.45) is 5.22. The molecule has 1 heterocycles. The second-order valence-electron chi connectivity index (χ2n) is 7.14. The van der Waals surface area contributed by atoms with Crippen LogP contribution in [0.25, 0.3) is 0 Å². The number of carbonyl (C=O) groups excluding carboxylic acids is 1. The lowest BCUT2D eigenvalue weighted by Crippen LogP contribution is -3.14. The number of benzene rings is 1. The topological polar surface area (TPSA) is 86.4 Å². The third-order valence-electron chi connectivity index (χ3n) is 5.25. The number of quaternary nitrogens is 1. The van der Waals surface area contributed by atoms with Crippen LogP contribution in [0.15, 0.2) is 24.3 Å². The van der Waals surface area contributed by atoms with Crippen LogP contribution in [0, 0.1) is 0 Å². The third-order valence-corrected chi connectivity index (χ3v) is 5.50. The van der Waals surface area contributed by atoms with Gasteiger partial charge in [-0.3, -0.25) is 5.32 Å². The molecular formula is C18H26ClN6O2+. The number of anilines is 1. The molecule has 0 unspecified atom stereocenters. The number of amides is 1. The Hall–Kier alpha value is -2.19. The van der Waals surface area contributed by atoms with Crippen LogP contribution >= 0.6 is 11.6 Å². The number of hydrogen-bond acceptors (Lipinski definition) is 5. The van der Waals surface area contributed by atoms with Crippen LogP contribution in [0.3, 0.4) is 0 Å².